The van der Waals surface area contributed by atoms with Gasteiger partial charge in [-0.15, -0.1) is 32.1 Å². The highest BCUT2D eigenvalue weighted by Gasteiger charge is 2.32. The molecule has 138 heavy (non-hydrogen) atoms. The van der Waals surface area contributed by atoms with Crippen molar-refractivity contribution in [2.75, 3.05) is 0 Å². The maximum Gasteiger partial charge on any atom is 0.181 e. The van der Waals surface area contributed by atoms with Crippen LogP contribution in [0, 0.1) is 67.5 Å². The van der Waals surface area contributed by atoms with Crippen LogP contribution < -0.4 is 0 Å². The SMILES string of the molecule is C#Cc1ccc2c(c1)C(c1ccccc1)=NCc1c(-c3cnco3)ncn1-2.C#Cc1ccc2c(c1)C(c1ccccc1Br)=NCc1c(-c3cnco3)ncn1-2.C#Cc1ccc2c(c1)C(c1ccccc1Cl)=NCc1c(-c3cnco3)ncn1-2.C#Cc1ccc2c(c1)C(c1ccccc1F)=NCc1c(-c3cnco3)ncn1-2.C#Cc1ccc2c(c1)C(c1ccccn1)=NCc1c(-c3cnco3)ncn1-2. The molecule has 29 heteroatoms. The summed E-state index contributed by atoms with van der Waals surface area (Å²) in [5.41, 5.74) is 29.3. The molecule has 0 atom stereocenters. The zero-order valence-electron chi connectivity index (χ0n) is 72.4. The maximum atomic E-state index is 14.6. The van der Waals surface area contributed by atoms with Gasteiger partial charge in [-0.05, 0) is 127 Å². The Bertz CT molecular complexity index is 7810. The fourth-order valence-corrected chi connectivity index (χ4v) is 17.6. The summed E-state index contributed by atoms with van der Waals surface area (Å²) in [5.74, 6) is 16.2. The Kier molecular flexibility index (Phi) is 23.5. The van der Waals surface area contributed by atoms with E-state index < -0.39 is 0 Å². The monoisotopic (exact) mass is 1880 g/mol. The minimum atomic E-state index is -0.335. The second-order valence-corrected chi connectivity index (χ2v) is 32.4. The smallest absolute Gasteiger partial charge is 0.181 e. The molecule has 0 fully saturated rings. The number of oxazole rings is 5. The molecule has 5 aliphatic heterocycles. The molecule has 0 spiro atoms. The molecule has 11 aromatic heterocycles. The average Bonchev–Trinajstić information content (AvgIpc) is 1.62. The molecule has 0 N–H and O–H groups in total. The molecular weight excluding hydrogens is 1820 g/mol. The molecule has 5 aliphatic rings. The van der Waals surface area contributed by atoms with E-state index in [9.17, 15) is 4.39 Å². The van der Waals surface area contributed by atoms with Gasteiger partial charge >= 0.3 is 0 Å². The van der Waals surface area contributed by atoms with Crippen LogP contribution in [-0.4, -0.2) is 106 Å². The number of benzene rings is 9. The van der Waals surface area contributed by atoms with E-state index >= 15 is 0 Å². The Morgan fingerprint density at radius 2 is 0.594 bits per heavy atom. The molecule has 26 nitrogen and oxygen atoms in total. The molecule has 0 saturated heterocycles. The molecule has 20 aromatic rings. The Hall–Kier alpha value is -18.9. The van der Waals surface area contributed by atoms with Crippen LogP contribution in [0.2, 0.25) is 5.02 Å². The van der Waals surface area contributed by atoms with Gasteiger partial charge in [-0.1, -0.05) is 142 Å². The molecule has 0 unspecified atom stereocenters. The van der Waals surface area contributed by atoms with Crippen LogP contribution >= 0.6 is 27.5 Å². The highest BCUT2D eigenvalue weighted by molar-refractivity contribution is 9.10. The highest BCUT2D eigenvalue weighted by Crippen LogP contribution is 2.40. The fourth-order valence-electron chi connectivity index (χ4n) is 16.9. The number of rotatable bonds is 10. The van der Waals surface area contributed by atoms with Gasteiger partial charge in [0.15, 0.2) is 60.8 Å². The van der Waals surface area contributed by atoms with Crippen molar-refractivity contribution >= 4 is 56.1 Å². The lowest BCUT2D eigenvalue weighted by Crippen LogP contribution is -2.09. The first kappa shape index (κ1) is 85.8. The molecule has 0 amide bonds. The van der Waals surface area contributed by atoms with Crippen molar-refractivity contribution in [3.8, 4) is 147 Å². The third-order valence-corrected chi connectivity index (χ3v) is 24.3. The summed E-state index contributed by atoms with van der Waals surface area (Å²) in [4.78, 5) is 71.5. The van der Waals surface area contributed by atoms with E-state index in [1.165, 1.54) is 38.0 Å². The molecule has 658 valence electrons. The summed E-state index contributed by atoms with van der Waals surface area (Å²) < 4.78 is 52.9. The van der Waals surface area contributed by atoms with Crippen molar-refractivity contribution in [1.29, 1.82) is 0 Å². The van der Waals surface area contributed by atoms with Crippen LogP contribution in [-0.2, 0) is 32.7 Å². The number of imidazole rings is 5. The molecule has 0 aliphatic carbocycles. The first-order valence-corrected chi connectivity index (χ1v) is 43.9. The number of hydrogen-bond acceptors (Lipinski definition) is 21. The number of halogens is 3. The number of terminal acetylenes is 5. The van der Waals surface area contributed by atoms with Crippen molar-refractivity contribution in [2.24, 2.45) is 25.0 Å². The Labute approximate surface area is 800 Å². The van der Waals surface area contributed by atoms with E-state index in [2.05, 4.69) is 112 Å². The van der Waals surface area contributed by atoms with E-state index in [0.717, 1.165) is 174 Å². The summed E-state index contributed by atoms with van der Waals surface area (Å²) in [5, 5.41) is 0.637. The van der Waals surface area contributed by atoms with Gasteiger partial charge < -0.3 is 22.1 Å². The largest absolute Gasteiger partial charge is 0.442 e. The first-order chi connectivity index (χ1) is 68.0. The van der Waals surface area contributed by atoms with Crippen LogP contribution in [0.3, 0.4) is 0 Å². The minimum absolute atomic E-state index is 0.305. The maximum absolute atomic E-state index is 14.6. The number of hydrogen-bond donors (Lipinski definition) is 0. The lowest BCUT2D eigenvalue weighted by atomic mass is 9.98. The summed E-state index contributed by atoms with van der Waals surface area (Å²) in [6, 6.07) is 67.4. The third-order valence-electron chi connectivity index (χ3n) is 23.3. The second kappa shape index (κ2) is 37.7. The van der Waals surface area contributed by atoms with E-state index in [1.54, 1.807) is 87.0 Å². The standard InChI is InChI=1S/C22H13BrN4O.C22H13ClN4O.C22H13FN4O.C22H14N4O.C21H13N5O/c3*1-2-14-7-8-18-16(9-14)21(15-5-3-4-6-17(15)23)25-10-19-22(26-12-27(18)19)20-11-24-13-28-20;1-2-15-8-9-18-17(10-15)21(16-6-4-3-5-7-16)24-11-19-22(25-13-26(18)19)20-12-23-14-27-20;1-2-14-6-7-17-15(9-14)20(16-5-3-4-8-23-16)24-10-18-21(25-12-26(17)18)19-11-22-13-27-19/h3*1,3-9,11-13H,10H2;1,3-10,12-14H,11H2;1,3-9,11-13H,10H2. The fraction of sp³-hybridized carbons (Fsp3) is 0.0459. The van der Waals surface area contributed by atoms with E-state index in [-0.39, 0.29) is 5.82 Å². The number of pyridine rings is 1. The van der Waals surface area contributed by atoms with Gasteiger partial charge in [0.2, 0.25) is 0 Å². The Balaban J connectivity index is 0.000000103. The Morgan fingerprint density at radius 1 is 0.297 bits per heavy atom. The normalized spacial score (nSPS) is 12.5. The van der Waals surface area contributed by atoms with Gasteiger partial charge in [-0.3, -0.25) is 52.8 Å². The molecule has 9 aromatic carbocycles. The van der Waals surface area contributed by atoms with Gasteiger partial charge in [0.1, 0.15) is 65.9 Å². The first-order valence-electron chi connectivity index (χ1n) is 42.7. The summed E-state index contributed by atoms with van der Waals surface area (Å²) in [7, 11) is 0. The van der Waals surface area contributed by atoms with Gasteiger partial charge in [0.05, 0.1) is 155 Å². The van der Waals surface area contributed by atoms with Crippen molar-refractivity contribution in [3.63, 3.8) is 0 Å². The van der Waals surface area contributed by atoms with Gasteiger partial charge in [0, 0.05) is 93.6 Å². The van der Waals surface area contributed by atoms with Crippen LogP contribution in [0.1, 0.15) is 112 Å². The predicted molar refractivity (Wildman–Crippen MR) is 524 cm³/mol. The van der Waals surface area contributed by atoms with Gasteiger partial charge in [-0.2, -0.15) is 0 Å². The lowest BCUT2D eigenvalue weighted by molar-refractivity contribution is 0.569. The molecular formula is C109H66BrClFN21O5. The third kappa shape index (κ3) is 16.4. The molecule has 16 heterocycles. The molecule has 0 bridgehead atoms. The Morgan fingerprint density at radius 3 is 0.928 bits per heavy atom. The van der Waals surface area contributed by atoms with Crippen molar-refractivity contribution in [3.05, 3.63) is 440 Å². The summed E-state index contributed by atoms with van der Waals surface area (Å²) >= 11 is 10.1. The minimum Gasteiger partial charge on any atom is -0.442 e. The van der Waals surface area contributed by atoms with Crippen molar-refractivity contribution in [2.45, 2.75) is 32.7 Å². The topological polar surface area (TPSA) is 294 Å². The van der Waals surface area contributed by atoms with E-state index in [0.29, 0.717) is 94.8 Å². The van der Waals surface area contributed by atoms with Crippen LogP contribution in [0.25, 0.3) is 85.7 Å². The van der Waals surface area contributed by atoms with E-state index in [4.69, 9.17) is 90.8 Å². The molecule has 0 radical (unpaired) electrons. The number of aromatic nitrogens is 16. The van der Waals surface area contributed by atoms with Crippen LogP contribution in [0.15, 0.2) is 365 Å². The predicted octanol–water partition coefficient (Wildman–Crippen LogP) is 20.2. The number of aliphatic imine (C=N–C) groups is 5. The molecule has 25 rings (SSSR count). The van der Waals surface area contributed by atoms with Crippen molar-refractivity contribution < 1.29 is 26.5 Å². The summed E-state index contributed by atoms with van der Waals surface area (Å²) in [6.07, 6.45) is 54.0. The summed E-state index contributed by atoms with van der Waals surface area (Å²) in [6.45, 7) is 2.07. The van der Waals surface area contributed by atoms with Crippen LogP contribution in [0.5, 0.6) is 0 Å². The molecule has 0 saturated carbocycles. The lowest BCUT2D eigenvalue weighted by Gasteiger charge is -2.13. The number of fused-ring (bicyclic) bond motifs is 15. The van der Waals surface area contributed by atoms with Crippen molar-refractivity contribution in [1.82, 2.24) is 77.7 Å². The average molecular weight is 1880 g/mol. The number of nitrogens with zero attached hydrogens (tertiary/aromatic N) is 21. The van der Waals surface area contributed by atoms with Gasteiger partial charge in [0.25, 0.3) is 0 Å². The zero-order chi connectivity index (χ0) is 93.7. The highest BCUT2D eigenvalue weighted by atomic mass is 79.9. The quantitative estimate of drug-likeness (QED) is 0.115. The van der Waals surface area contributed by atoms with Crippen LogP contribution in [0.4, 0.5) is 4.39 Å². The van der Waals surface area contributed by atoms with E-state index in [1.807, 2.05) is 199 Å². The van der Waals surface area contributed by atoms with Gasteiger partial charge in [-0.25, -0.2) is 54.2 Å². The zero-order valence-corrected chi connectivity index (χ0v) is 74.8. The second-order valence-electron chi connectivity index (χ2n) is 31.1.